The minimum atomic E-state index is -0.209. The molecule has 5 nitrogen and oxygen atoms in total. The van der Waals surface area contributed by atoms with Crippen molar-refractivity contribution in [3.8, 4) is 0 Å². The summed E-state index contributed by atoms with van der Waals surface area (Å²) >= 11 is 0. The van der Waals surface area contributed by atoms with Gasteiger partial charge in [0.25, 0.3) is 0 Å². The molecule has 1 fully saturated rings. The lowest BCUT2D eigenvalue weighted by atomic mass is 9.84. The second-order valence-corrected chi connectivity index (χ2v) is 5.77. The molecule has 2 aliphatic rings. The van der Waals surface area contributed by atoms with Gasteiger partial charge in [0.05, 0.1) is 0 Å². The van der Waals surface area contributed by atoms with Crippen molar-refractivity contribution in [1.29, 1.82) is 0 Å². The van der Waals surface area contributed by atoms with Crippen LogP contribution < -0.4 is 5.32 Å². The van der Waals surface area contributed by atoms with E-state index in [2.05, 4.69) is 22.2 Å². The van der Waals surface area contributed by atoms with Gasteiger partial charge in [0.15, 0.2) is 0 Å². The van der Waals surface area contributed by atoms with Gasteiger partial charge in [0.1, 0.15) is 0 Å². The monoisotopic (exact) mass is 274 g/mol. The van der Waals surface area contributed by atoms with E-state index in [0.717, 1.165) is 0 Å². The molecule has 0 radical (unpaired) electrons. The van der Waals surface area contributed by atoms with Crippen molar-refractivity contribution in [2.75, 3.05) is 0 Å². The van der Waals surface area contributed by atoms with Gasteiger partial charge in [-0.25, -0.2) is 4.68 Å². The van der Waals surface area contributed by atoms with Crippen LogP contribution in [-0.4, -0.2) is 26.6 Å². The lowest BCUT2D eigenvalue weighted by Gasteiger charge is -2.42. The standard InChI is InChI=1S/C15H22N4O/c1-12(13-6-3-2-4-7-13)18-11-8-14(20)17-15(18)19-10-5-9-16-19/h5,8-13,15H,2-4,6-7H2,1H3,(H,17,20)/t12-,15?/m1/s1. The summed E-state index contributed by atoms with van der Waals surface area (Å²) < 4.78 is 1.81. The highest BCUT2D eigenvalue weighted by molar-refractivity contribution is 5.88. The molecule has 1 aromatic heterocycles. The number of rotatable bonds is 3. The van der Waals surface area contributed by atoms with Crippen LogP contribution in [0.5, 0.6) is 0 Å². The number of carbonyl (C=O) groups excluding carboxylic acids is 1. The summed E-state index contributed by atoms with van der Waals surface area (Å²) in [4.78, 5) is 13.9. The molecule has 1 aromatic rings. The molecule has 0 aromatic carbocycles. The van der Waals surface area contributed by atoms with E-state index in [1.54, 1.807) is 17.0 Å². The zero-order valence-electron chi connectivity index (χ0n) is 11.9. The molecule has 20 heavy (non-hydrogen) atoms. The predicted molar refractivity (Wildman–Crippen MR) is 76.4 cm³/mol. The summed E-state index contributed by atoms with van der Waals surface area (Å²) in [5.41, 5.74) is 0. The molecule has 1 N–H and O–H groups in total. The van der Waals surface area contributed by atoms with Gasteiger partial charge in [-0.05, 0) is 31.7 Å². The first-order chi connectivity index (χ1) is 9.75. The van der Waals surface area contributed by atoms with Gasteiger partial charge in [-0.2, -0.15) is 5.10 Å². The van der Waals surface area contributed by atoms with Crippen LogP contribution in [0.25, 0.3) is 0 Å². The summed E-state index contributed by atoms with van der Waals surface area (Å²) in [7, 11) is 0. The van der Waals surface area contributed by atoms with Crippen LogP contribution in [-0.2, 0) is 4.79 Å². The third-order valence-corrected chi connectivity index (χ3v) is 4.53. The lowest BCUT2D eigenvalue weighted by molar-refractivity contribution is -0.121. The lowest BCUT2D eigenvalue weighted by Crippen LogP contribution is -2.50. The summed E-state index contributed by atoms with van der Waals surface area (Å²) in [5, 5.41) is 7.27. The Bertz CT molecular complexity index is 476. The van der Waals surface area contributed by atoms with Gasteiger partial charge in [0.2, 0.25) is 12.2 Å². The van der Waals surface area contributed by atoms with E-state index in [1.165, 1.54) is 32.1 Å². The predicted octanol–water partition coefficient (Wildman–Crippen LogP) is 2.25. The summed E-state index contributed by atoms with van der Waals surface area (Å²) in [5.74, 6) is 0.638. The minimum absolute atomic E-state index is 0.0578. The van der Waals surface area contributed by atoms with Gasteiger partial charge < -0.3 is 10.2 Å². The van der Waals surface area contributed by atoms with Crippen LogP contribution in [0.3, 0.4) is 0 Å². The highest BCUT2D eigenvalue weighted by atomic mass is 16.2. The molecule has 1 aliphatic carbocycles. The third-order valence-electron chi connectivity index (χ3n) is 4.53. The first-order valence-corrected chi connectivity index (χ1v) is 7.51. The Hall–Kier alpha value is -1.78. The smallest absolute Gasteiger partial charge is 0.248 e. The first kappa shape index (κ1) is 13.2. The van der Waals surface area contributed by atoms with Crippen LogP contribution in [0, 0.1) is 5.92 Å². The van der Waals surface area contributed by atoms with E-state index in [0.29, 0.717) is 12.0 Å². The van der Waals surface area contributed by atoms with Crippen molar-refractivity contribution in [2.24, 2.45) is 5.92 Å². The van der Waals surface area contributed by atoms with Gasteiger partial charge >= 0.3 is 0 Å². The van der Waals surface area contributed by atoms with Crippen LogP contribution in [0.15, 0.2) is 30.7 Å². The second-order valence-electron chi connectivity index (χ2n) is 5.77. The summed E-state index contributed by atoms with van der Waals surface area (Å²) in [6.07, 6.45) is 13.5. The minimum Gasteiger partial charge on any atom is -0.336 e. The van der Waals surface area contributed by atoms with Crippen LogP contribution in [0.2, 0.25) is 0 Å². The molecule has 1 aliphatic heterocycles. The first-order valence-electron chi connectivity index (χ1n) is 7.51. The normalized spacial score (nSPS) is 25.6. The van der Waals surface area contributed by atoms with Crippen LogP contribution >= 0.6 is 0 Å². The van der Waals surface area contributed by atoms with E-state index < -0.39 is 0 Å². The van der Waals surface area contributed by atoms with Crippen molar-refractivity contribution in [2.45, 2.75) is 51.4 Å². The molecule has 0 saturated heterocycles. The van der Waals surface area contributed by atoms with E-state index >= 15 is 0 Å². The molecular formula is C15H22N4O. The maximum absolute atomic E-state index is 11.6. The molecule has 1 saturated carbocycles. The van der Waals surface area contributed by atoms with Crippen molar-refractivity contribution in [1.82, 2.24) is 20.0 Å². The second kappa shape index (κ2) is 5.69. The highest BCUT2D eigenvalue weighted by Gasteiger charge is 2.31. The molecule has 1 unspecified atom stereocenters. The van der Waals surface area contributed by atoms with E-state index in [9.17, 15) is 4.79 Å². The average Bonchev–Trinajstić information content (AvgIpc) is 3.01. The van der Waals surface area contributed by atoms with Crippen molar-refractivity contribution in [3.05, 3.63) is 30.7 Å². The zero-order valence-corrected chi connectivity index (χ0v) is 11.9. The number of aromatic nitrogens is 2. The number of carbonyl (C=O) groups is 1. The molecule has 3 rings (SSSR count). The van der Waals surface area contributed by atoms with Crippen molar-refractivity contribution >= 4 is 5.91 Å². The Morgan fingerprint density at radius 2 is 2.15 bits per heavy atom. The number of nitrogens with one attached hydrogen (secondary N) is 1. The molecule has 2 atom stereocenters. The molecular weight excluding hydrogens is 252 g/mol. The summed E-state index contributed by atoms with van der Waals surface area (Å²) in [6.45, 7) is 2.26. The topological polar surface area (TPSA) is 50.2 Å². The summed E-state index contributed by atoms with van der Waals surface area (Å²) in [6, 6.07) is 2.29. The average molecular weight is 274 g/mol. The molecule has 108 valence electrons. The quantitative estimate of drug-likeness (QED) is 0.919. The maximum atomic E-state index is 11.6. The van der Waals surface area contributed by atoms with Crippen molar-refractivity contribution in [3.63, 3.8) is 0 Å². The van der Waals surface area contributed by atoms with Gasteiger partial charge in [-0.1, -0.05) is 19.3 Å². The van der Waals surface area contributed by atoms with E-state index in [4.69, 9.17) is 0 Å². The molecule has 1 amide bonds. The van der Waals surface area contributed by atoms with Gasteiger partial charge in [-0.3, -0.25) is 4.79 Å². The Kier molecular flexibility index (Phi) is 3.76. The fraction of sp³-hybridized carbons (Fsp3) is 0.600. The molecule has 2 heterocycles. The number of nitrogens with zero attached hydrogens (tertiary/aromatic N) is 3. The van der Waals surface area contributed by atoms with E-state index in [-0.39, 0.29) is 12.2 Å². The molecule has 0 spiro atoms. The Labute approximate surface area is 119 Å². The number of hydrogen-bond donors (Lipinski definition) is 1. The van der Waals surface area contributed by atoms with Gasteiger partial charge in [0, 0.05) is 30.7 Å². The molecule has 0 bridgehead atoms. The third kappa shape index (κ3) is 2.57. The fourth-order valence-electron chi connectivity index (χ4n) is 3.33. The zero-order chi connectivity index (χ0) is 13.9. The fourth-order valence-corrected chi connectivity index (χ4v) is 3.33. The molecule has 5 heteroatoms. The van der Waals surface area contributed by atoms with Crippen LogP contribution in [0.1, 0.15) is 45.3 Å². The Morgan fingerprint density at radius 3 is 2.85 bits per heavy atom. The van der Waals surface area contributed by atoms with Crippen LogP contribution in [0.4, 0.5) is 0 Å². The largest absolute Gasteiger partial charge is 0.336 e. The maximum Gasteiger partial charge on any atom is 0.248 e. The Morgan fingerprint density at radius 1 is 1.35 bits per heavy atom. The SMILES string of the molecule is C[C@H](C1CCCCC1)N1C=CC(=O)NC1n1cccn1. The number of amides is 1. The highest BCUT2D eigenvalue weighted by Crippen LogP contribution is 2.31. The number of hydrogen-bond acceptors (Lipinski definition) is 3. The van der Waals surface area contributed by atoms with Crippen molar-refractivity contribution < 1.29 is 4.79 Å². The Balaban J connectivity index is 1.80. The van der Waals surface area contributed by atoms with Gasteiger partial charge in [-0.15, -0.1) is 0 Å². The van der Waals surface area contributed by atoms with E-state index in [1.807, 2.05) is 18.5 Å².